The minimum atomic E-state index is -4.42. The minimum absolute atomic E-state index is 0.0319. The standard InChI is InChI=1S/C67H104NO8P/c1-3-5-7-9-11-13-15-17-19-20-21-22-23-24-25-26-27-28-29-30-31-32-33-34-35-36-37-38-39-40-41-42-43-44-46-48-50-52-54-56-58-60-67(70)76-65(64-75-77(71,72)74-62-61-68)63-73-66(69)59-57-55-53-51-49-47-45-18-16-14-12-10-8-6-4-2/h5-8,11-14,17-19,21-22,24-25,27-28,30-31,33-34,36-37,39-40,45,49,51,55,57,65H,3-4,9-10,15-16,20,23,26,29,32,35,38,41-44,46-48,50,52-54,56,58-64,68H2,1-2H3,(H,71,72)/b7-5-,8-6-,13-11-,14-12-,19-17-,22-21-,25-24-,28-27-,31-30-,34-33-,37-36-,40-39-,45-18-,51-49-,57-55-. The van der Waals surface area contributed by atoms with Gasteiger partial charge in [0.15, 0.2) is 6.10 Å². The fraction of sp³-hybridized carbons (Fsp3) is 0.522. The molecular formula is C67H104NO8P. The molecule has 0 amide bonds. The highest BCUT2D eigenvalue weighted by Gasteiger charge is 2.26. The maximum Gasteiger partial charge on any atom is 0.472 e. The first-order chi connectivity index (χ1) is 37.8. The number of carbonyl (C=O) groups excluding carboxylic acids is 2. The Kier molecular flexibility index (Phi) is 56.5. The fourth-order valence-corrected chi connectivity index (χ4v) is 7.85. The summed E-state index contributed by atoms with van der Waals surface area (Å²) in [5.74, 6) is -0.996. The van der Waals surface area contributed by atoms with Crippen LogP contribution in [-0.2, 0) is 32.7 Å². The third-order valence-corrected chi connectivity index (χ3v) is 12.3. The first kappa shape index (κ1) is 72.1. The number of ether oxygens (including phenoxy) is 2. The Morgan fingerprint density at radius 3 is 1.06 bits per heavy atom. The smallest absolute Gasteiger partial charge is 0.461 e. The largest absolute Gasteiger partial charge is 0.472 e. The molecule has 0 aromatic heterocycles. The number of esters is 2. The van der Waals surface area contributed by atoms with Crippen LogP contribution in [0, 0.1) is 0 Å². The number of phosphoric acid groups is 1. The Bertz CT molecular complexity index is 1910. The number of unbranched alkanes of at least 4 members (excludes halogenated alkanes) is 10. The van der Waals surface area contributed by atoms with Crippen molar-refractivity contribution >= 4 is 19.8 Å². The second-order valence-electron chi connectivity index (χ2n) is 18.4. The van der Waals surface area contributed by atoms with Gasteiger partial charge in [0.2, 0.25) is 0 Å². The van der Waals surface area contributed by atoms with Gasteiger partial charge in [-0.15, -0.1) is 0 Å². The average Bonchev–Trinajstić information content (AvgIpc) is 3.42. The molecule has 2 unspecified atom stereocenters. The van der Waals surface area contributed by atoms with Crippen LogP contribution in [0.5, 0.6) is 0 Å². The summed E-state index contributed by atoms with van der Waals surface area (Å²) in [4.78, 5) is 35.0. The van der Waals surface area contributed by atoms with Crippen molar-refractivity contribution in [2.45, 2.75) is 200 Å². The Balaban J connectivity index is 4.03. The second kappa shape index (κ2) is 60.3. The van der Waals surface area contributed by atoms with Crippen molar-refractivity contribution in [1.82, 2.24) is 0 Å². The van der Waals surface area contributed by atoms with Crippen LogP contribution in [0.4, 0.5) is 0 Å². The molecule has 0 fully saturated rings. The molecule has 0 bridgehead atoms. The number of hydrogen-bond donors (Lipinski definition) is 2. The van der Waals surface area contributed by atoms with E-state index in [0.717, 1.165) is 116 Å². The highest BCUT2D eigenvalue weighted by Crippen LogP contribution is 2.43. The molecule has 2 atom stereocenters. The van der Waals surface area contributed by atoms with Gasteiger partial charge >= 0.3 is 19.8 Å². The zero-order chi connectivity index (χ0) is 55.9. The van der Waals surface area contributed by atoms with Crippen LogP contribution in [0.3, 0.4) is 0 Å². The lowest BCUT2D eigenvalue weighted by atomic mass is 10.0. The molecule has 3 N–H and O–H groups in total. The van der Waals surface area contributed by atoms with Gasteiger partial charge in [-0.1, -0.05) is 247 Å². The lowest BCUT2D eigenvalue weighted by molar-refractivity contribution is -0.160. The summed E-state index contributed by atoms with van der Waals surface area (Å²) in [6, 6.07) is 0. The minimum Gasteiger partial charge on any atom is -0.461 e. The van der Waals surface area contributed by atoms with Crippen molar-refractivity contribution in [3.8, 4) is 0 Å². The van der Waals surface area contributed by atoms with Crippen molar-refractivity contribution in [1.29, 1.82) is 0 Å². The molecule has 0 saturated heterocycles. The van der Waals surface area contributed by atoms with Crippen molar-refractivity contribution in [3.05, 3.63) is 182 Å². The van der Waals surface area contributed by atoms with Gasteiger partial charge in [0.1, 0.15) is 6.61 Å². The molecule has 0 spiro atoms. The van der Waals surface area contributed by atoms with Crippen LogP contribution in [-0.4, -0.2) is 49.3 Å². The molecule has 0 aromatic rings. The molecule has 10 heteroatoms. The van der Waals surface area contributed by atoms with Crippen LogP contribution < -0.4 is 5.73 Å². The molecule has 0 saturated carbocycles. The number of carbonyl (C=O) groups is 2. The van der Waals surface area contributed by atoms with Crippen molar-refractivity contribution < 1.29 is 37.6 Å². The van der Waals surface area contributed by atoms with Crippen molar-refractivity contribution in [3.63, 3.8) is 0 Å². The quantitative estimate of drug-likeness (QED) is 0.0264. The normalized spacial score (nSPS) is 14.4. The van der Waals surface area contributed by atoms with Crippen LogP contribution in [0.1, 0.15) is 194 Å². The summed E-state index contributed by atoms with van der Waals surface area (Å²) in [5, 5.41) is 0. The number of allylic oxidation sites excluding steroid dienone is 29. The highest BCUT2D eigenvalue weighted by molar-refractivity contribution is 7.47. The van der Waals surface area contributed by atoms with E-state index in [1.165, 1.54) is 38.5 Å². The molecule has 0 aromatic carbocycles. The molecule has 0 radical (unpaired) electrons. The van der Waals surface area contributed by atoms with E-state index in [9.17, 15) is 19.0 Å². The van der Waals surface area contributed by atoms with E-state index in [1.807, 2.05) is 12.2 Å². The van der Waals surface area contributed by atoms with Gasteiger partial charge in [0, 0.05) is 13.0 Å². The molecule has 0 heterocycles. The Labute approximate surface area is 469 Å². The van der Waals surface area contributed by atoms with Gasteiger partial charge in [-0.3, -0.25) is 18.6 Å². The van der Waals surface area contributed by atoms with Crippen LogP contribution >= 0.6 is 7.82 Å². The molecule has 0 aliphatic rings. The number of nitrogens with two attached hydrogens (primary N) is 1. The molecular weight excluding hydrogens is 978 g/mol. The number of phosphoric ester groups is 1. The summed E-state index contributed by atoms with van der Waals surface area (Å²) in [6.07, 6.45) is 91.3. The van der Waals surface area contributed by atoms with E-state index in [4.69, 9.17) is 24.3 Å². The topological polar surface area (TPSA) is 134 Å². The third-order valence-electron chi connectivity index (χ3n) is 11.3. The average molecular weight is 1080 g/mol. The maximum absolute atomic E-state index is 12.7. The van der Waals surface area contributed by atoms with Gasteiger partial charge in [0.05, 0.1) is 19.6 Å². The van der Waals surface area contributed by atoms with Crippen LogP contribution in [0.25, 0.3) is 0 Å². The lowest BCUT2D eigenvalue weighted by Crippen LogP contribution is -2.29. The molecule has 0 aliphatic heterocycles. The van der Waals surface area contributed by atoms with Crippen LogP contribution in [0.15, 0.2) is 182 Å². The predicted octanol–water partition coefficient (Wildman–Crippen LogP) is 18.8. The van der Waals surface area contributed by atoms with Crippen LogP contribution in [0.2, 0.25) is 0 Å². The molecule has 0 aliphatic carbocycles. The fourth-order valence-electron chi connectivity index (χ4n) is 7.09. The Hall–Kier alpha value is -4.89. The van der Waals surface area contributed by atoms with E-state index < -0.39 is 32.5 Å². The lowest BCUT2D eigenvalue weighted by Gasteiger charge is -2.19. The van der Waals surface area contributed by atoms with Gasteiger partial charge in [-0.25, -0.2) is 4.57 Å². The van der Waals surface area contributed by atoms with E-state index in [1.54, 1.807) is 6.08 Å². The van der Waals surface area contributed by atoms with E-state index in [-0.39, 0.29) is 32.6 Å². The zero-order valence-corrected chi connectivity index (χ0v) is 48.7. The maximum atomic E-state index is 12.7. The van der Waals surface area contributed by atoms with Gasteiger partial charge in [0.25, 0.3) is 0 Å². The van der Waals surface area contributed by atoms with Gasteiger partial charge in [-0.2, -0.15) is 0 Å². The van der Waals surface area contributed by atoms with E-state index in [2.05, 4.69) is 178 Å². The highest BCUT2D eigenvalue weighted by atomic mass is 31.2. The Morgan fingerprint density at radius 2 is 0.714 bits per heavy atom. The SMILES string of the molecule is CC/C=C\C/C=C\C/C=C\C/C=C\C/C=C\C/C=C\C/C=C\C/C=C\C/C=C\C/C=C\CCCCCCCCCCCCC(=O)OC(COC(=O)C/C=C\C/C=C\C/C=C\C/C=C\C/C=C\CC)COP(=O)(O)OCCN. The monoisotopic (exact) mass is 1080 g/mol. The van der Waals surface area contributed by atoms with Gasteiger partial charge in [-0.05, 0) is 116 Å². The van der Waals surface area contributed by atoms with E-state index in [0.29, 0.717) is 12.8 Å². The summed E-state index contributed by atoms with van der Waals surface area (Å²) >= 11 is 0. The van der Waals surface area contributed by atoms with Crippen molar-refractivity contribution in [2.75, 3.05) is 26.4 Å². The van der Waals surface area contributed by atoms with Gasteiger partial charge < -0.3 is 20.1 Å². The van der Waals surface area contributed by atoms with Crippen molar-refractivity contribution in [2.24, 2.45) is 5.73 Å². The summed E-state index contributed by atoms with van der Waals surface area (Å²) < 4.78 is 32.8. The first-order valence-corrected chi connectivity index (χ1v) is 30.8. The zero-order valence-electron chi connectivity index (χ0n) is 47.9. The molecule has 9 nitrogen and oxygen atoms in total. The summed E-state index contributed by atoms with van der Waals surface area (Å²) in [5.41, 5.74) is 5.36. The number of hydrogen-bond acceptors (Lipinski definition) is 8. The summed E-state index contributed by atoms with van der Waals surface area (Å²) in [6.45, 7) is 3.36. The molecule has 430 valence electrons. The summed E-state index contributed by atoms with van der Waals surface area (Å²) in [7, 11) is -4.42. The van der Waals surface area contributed by atoms with E-state index >= 15 is 0 Å². The molecule has 0 rings (SSSR count). The first-order valence-electron chi connectivity index (χ1n) is 29.3. The Morgan fingerprint density at radius 1 is 0.403 bits per heavy atom. The predicted molar refractivity (Wildman–Crippen MR) is 329 cm³/mol. The third kappa shape index (κ3) is 60.2. The number of rotatable bonds is 52. The second-order valence-corrected chi connectivity index (χ2v) is 19.9. The molecule has 77 heavy (non-hydrogen) atoms.